The van der Waals surface area contributed by atoms with Crippen LogP contribution in [-0.2, 0) is 14.8 Å². The molecule has 1 rings (SSSR count). The lowest BCUT2D eigenvalue weighted by atomic mass is 10.1. The van der Waals surface area contributed by atoms with E-state index in [-0.39, 0.29) is 12.5 Å². The van der Waals surface area contributed by atoms with Crippen LogP contribution >= 0.6 is 0 Å². The molecule has 1 fully saturated rings. The minimum absolute atomic E-state index is 0.0865. The van der Waals surface area contributed by atoms with Crippen molar-refractivity contribution >= 4 is 15.9 Å². The summed E-state index contributed by atoms with van der Waals surface area (Å²) < 4.78 is 23.9. The second kappa shape index (κ2) is 4.91. The predicted molar refractivity (Wildman–Crippen MR) is 56.6 cm³/mol. The summed E-state index contributed by atoms with van der Waals surface area (Å²) in [5.41, 5.74) is 5.60. The molecule has 1 aliphatic rings. The van der Waals surface area contributed by atoms with Crippen molar-refractivity contribution in [2.75, 3.05) is 25.9 Å². The van der Waals surface area contributed by atoms with Crippen molar-refractivity contribution < 1.29 is 13.2 Å². The molecular formula is C8H17N3O3S. The van der Waals surface area contributed by atoms with Crippen LogP contribution in [0.4, 0.5) is 0 Å². The number of hydrogen-bond donors (Lipinski definition) is 2. The Morgan fingerprint density at radius 3 is 2.87 bits per heavy atom. The van der Waals surface area contributed by atoms with Gasteiger partial charge in [-0.15, -0.1) is 0 Å². The van der Waals surface area contributed by atoms with Crippen LogP contribution in [0.3, 0.4) is 0 Å². The Morgan fingerprint density at radius 1 is 1.60 bits per heavy atom. The zero-order chi connectivity index (χ0) is 11.5. The molecule has 3 N–H and O–H groups in total. The van der Waals surface area contributed by atoms with Crippen LogP contribution < -0.4 is 10.5 Å². The Bertz CT molecular complexity index is 328. The number of carbonyl (C=O) groups excluding carboxylic acids is 1. The first-order valence-electron chi connectivity index (χ1n) is 4.89. The third-order valence-electron chi connectivity index (χ3n) is 2.32. The highest BCUT2D eigenvalue weighted by Gasteiger charge is 2.24. The lowest BCUT2D eigenvalue weighted by Crippen LogP contribution is -2.50. The monoisotopic (exact) mass is 235 g/mol. The maximum Gasteiger partial charge on any atom is 0.239 e. The molecule has 0 bridgehead atoms. The molecule has 0 spiro atoms. The van der Waals surface area contributed by atoms with E-state index in [4.69, 9.17) is 5.73 Å². The second-order valence-electron chi connectivity index (χ2n) is 3.74. The SMILES string of the molecule is CS(=O)(=O)NCCN1CCCC(N)C1=O. The number of likely N-dealkylation sites (tertiary alicyclic amines) is 1. The maximum atomic E-state index is 11.5. The van der Waals surface area contributed by atoms with Crippen molar-refractivity contribution in [2.24, 2.45) is 5.73 Å². The third kappa shape index (κ3) is 4.15. The molecule has 7 heteroatoms. The Morgan fingerprint density at radius 2 is 2.27 bits per heavy atom. The average Bonchev–Trinajstić information content (AvgIpc) is 2.10. The molecule has 6 nitrogen and oxygen atoms in total. The zero-order valence-electron chi connectivity index (χ0n) is 8.77. The third-order valence-corrected chi connectivity index (χ3v) is 3.05. The molecule has 0 radical (unpaired) electrons. The van der Waals surface area contributed by atoms with Crippen LogP contribution in [0.2, 0.25) is 0 Å². The molecule has 1 heterocycles. The lowest BCUT2D eigenvalue weighted by molar-refractivity contribution is -0.134. The number of nitrogens with one attached hydrogen (secondary N) is 1. The van der Waals surface area contributed by atoms with Crippen LogP contribution in [-0.4, -0.2) is 51.2 Å². The first-order chi connectivity index (χ1) is 6.90. The van der Waals surface area contributed by atoms with Gasteiger partial charge in [-0.2, -0.15) is 0 Å². The number of piperidine rings is 1. The number of amides is 1. The van der Waals surface area contributed by atoms with Gasteiger partial charge in [-0.05, 0) is 12.8 Å². The van der Waals surface area contributed by atoms with E-state index in [0.717, 1.165) is 19.1 Å². The minimum atomic E-state index is -3.18. The Hall–Kier alpha value is -0.660. The molecule has 15 heavy (non-hydrogen) atoms. The van der Waals surface area contributed by atoms with Crippen LogP contribution in [0.5, 0.6) is 0 Å². The fourth-order valence-corrected chi connectivity index (χ4v) is 2.02. The number of sulfonamides is 1. The molecule has 0 aromatic rings. The smallest absolute Gasteiger partial charge is 0.239 e. The number of carbonyl (C=O) groups is 1. The molecular weight excluding hydrogens is 218 g/mol. The van der Waals surface area contributed by atoms with Gasteiger partial charge in [0.05, 0.1) is 12.3 Å². The van der Waals surface area contributed by atoms with Crippen molar-refractivity contribution in [3.05, 3.63) is 0 Å². The number of hydrogen-bond acceptors (Lipinski definition) is 4. The Labute approximate surface area is 89.9 Å². The van der Waals surface area contributed by atoms with E-state index >= 15 is 0 Å². The maximum absolute atomic E-state index is 11.5. The molecule has 1 saturated heterocycles. The second-order valence-corrected chi connectivity index (χ2v) is 5.57. The van der Waals surface area contributed by atoms with Crippen molar-refractivity contribution in [2.45, 2.75) is 18.9 Å². The normalized spacial score (nSPS) is 23.2. The van der Waals surface area contributed by atoms with Gasteiger partial charge in [0.2, 0.25) is 15.9 Å². The first-order valence-corrected chi connectivity index (χ1v) is 6.78. The van der Waals surface area contributed by atoms with Crippen molar-refractivity contribution in [1.82, 2.24) is 9.62 Å². The van der Waals surface area contributed by atoms with Gasteiger partial charge in [0.15, 0.2) is 0 Å². The van der Waals surface area contributed by atoms with Crippen molar-refractivity contribution in [3.63, 3.8) is 0 Å². The minimum Gasteiger partial charge on any atom is -0.340 e. The average molecular weight is 235 g/mol. The largest absolute Gasteiger partial charge is 0.340 e. The van der Waals surface area contributed by atoms with Crippen LogP contribution in [0.15, 0.2) is 0 Å². The molecule has 0 aromatic heterocycles. The van der Waals surface area contributed by atoms with Crippen LogP contribution in [0.25, 0.3) is 0 Å². The summed E-state index contributed by atoms with van der Waals surface area (Å²) in [6.07, 6.45) is 2.69. The molecule has 0 saturated carbocycles. The van der Waals surface area contributed by atoms with E-state index in [1.807, 2.05) is 0 Å². The lowest BCUT2D eigenvalue weighted by Gasteiger charge is -2.30. The van der Waals surface area contributed by atoms with Gasteiger partial charge in [-0.1, -0.05) is 0 Å². The van der Waals surface area contributed by atoms with Gasteiger partial charge >= 0.3 is 0 Å². The standard InChI is InChI=1S/C8H17N3O3S/c1-15(13,14)10-4-6-11-5-2-3-7(9)8(11)12/h7,10H,2-6,9H2,1H3. The fraction of sp³-hybridized carbons (Fsp3) is 0.875. The summed E-state index contributed by atoms with van der Waals surface area (Å²) in [6.45, 7) is 1.30. The molecule has 88 valence electrons. The first kappa shape index (κ1) is 12.4. The van der Waals surface area contributed by atoms with Gasteiger partial charge < -0.3 is 10.6 Å². The predicted octanol–water partition coefficient (Wildman–Crippen LogP) is -1.51. The van der Waals surface area contributed by atoms with Crippen molar-refractivity contribution in [3.8, 4) is 0 Å². The molecule has 1 aliphatic heterocycles. The molecule has 1 atom stereocenters. The number of nitrogens with zero attached hydrogens (tertiary/aromatic N) is 1. The quantitative estimate of drug-likeness (QED) is 0.619. The van der Waals surface area contributed by atoms with Gasteiger partial charge in [0.1, 0.15) is 0 Å². The summed E-state index contributed by atoms with van der Waals surface area (Å²) in [6, 6.07) is -0.419. The van der Waals surface area contributed by atoms with E-state index in [1.165, 1.54) is 0 Å². The van der Waals surface area contributed by atoms with Gasteiger partial charge in [-0.25, -0.2) is 13.1 Å². The highest BCUT2D eigenvalue weighted by atomic mass is 32.2. The number of nitrogens with two attached hydrogens (primary N) is 1. The molecule has 1 unspecified atom stereocenters. The van der Waals surface area contributed by atoms with Crippen LogP contribution in [0.1, 0.15) is 12.8 Å². The zero-order valence-corrected chi connectivity index (χ0v) is 9.59. The van der Waals surface area contributed by atoms with E-state index in [2.05, 4.69) is 4.72 Å². The summed E-state index contributed by atoms with van der Waals surface area (Å²) in [5.74, 6) is -0.0865. The highest BCUT2D eigenvalue weighted by Crippen LogP contribution is 2.08. The number of rotatable bonds is 4. The van der Waals surface area contributed by atoms with E-state index in [0.29, 0.717) is 13.1 Å². The fourth-order valence-electron chi connectivity index (χ4n) is 1.56. The summed E-state index contributed by atoms with van der Waals surface area (Å²) in [5, 5.41) is 0. The molecule has 0 aliphatic carbocycles. The molecule has 1 amide bonds. The van der Waals surface area contributed by atoms with E-state index in [9.17, 15) is 13.2 Å². The van der Waals surface area contributed by atoms with Gasteiger partial charge in [0.25, 0.3) is 0 Å². The van der Waals surface area contributed by atoms with Gasteiger partial charge in [-0.3, -0.25) is 4.79 Å². The summed E-state index contributed by atoms with van der Waals surface area (Å²) in [4.78, 5) is 13.1. The topological polar surface area (TPSA) is 92.5 Å². The Kier molecular flexibility index (Phi) is 4.06. The highest BCUT2D eigenvalue weighted by molar-refractivity contribution is 7.88. The van der Waals surface area contributed by atoms with E-state index in [1.54, 1.807) is 4.90 Å². The van der Waals surface area contributed by atoms with Crippen LogP contribution in [0, 0.1) is 0 Å². The van der Waals surface area contributed by atoms with Gasteiger partial charge in [0, 0.05) is 19.6 Å². The summed E-state index contributed by atoms with van der Waals surface area (Å²) >= 11 is 0. The van der Waals surface area contributed by atoms with E-state index < -0.39 is 16.1 Å². The summed E-state index contributed by atoms with van der Waals surface area (Å²) in [7, 11) is -3.18. The molecule has 0 aromatic carbocycles. The Balaban J connectivity index is 2.35. The van der Waals surface area contributed by atoms with Crippen molar-refractivity contribution in [1.29, 1.82) is 0 Å².